The van der Waals surface area contributed by atoms with Crippen LogP contribution < -0.4 is 5.32 Å². The van der Waals surface area contributed by atoms with Crippen LogP contribution in [-0.4, -0.2) is 50.6 Å². The van der Waals surface area contributed by atoms with Crippen molar-refractivity contribution in [3.05, 3.63) is 0 Å². The standard InChI is InChI=1S/C18H35N3O2/c1-5-19-18(20-13-7-6-8-17(22)23-4)21(3)14-16-11-9-15(2)10-12-16/h15-16H,5-14H2,1-4H3,(H,19,20). The van der Waals surface area contributed by atoms with Gasteiger partial charge in [0.05, 0.1) is 7.11 Å². The second-order valence-electron chi connectivity index (χ2n) is 6.78. The Bertz CT molecular complexity index is 363. The van der Waals surface area contributed by atoms with Gasteiger partial charge in [-0.05, 0) is 44.4 Å². The van der Waals surface area contributed by atoms with E-state index in [0.717, 1.165) is 50.3 Å². The summed E-state index contributed by atoms with van der Waals surface area (Å²) in [6, 6.07) is 0. The van der Waals surface area contributed by atoms with Crippen LogP contribution in [0.5, 0.6) is 0 Å². The number of aliphatic imine (C=N–C) groups is 1. The molecular formula is C18H35N3O2. The van der Waals surface area contributed by atoms with Crippen LogP contribution in [-0.2, 0) is 9.53 Å². The topological polar surface area (TPSA) is 53.9 Å². The predicted molar refractivity (Wildman–Crippen MR) is 95.6 cm³/mol. The molecule has 0 bridgehead atoms. The summed E-state index contributed by atoms with van der Waals surface area (Å²) in [4.78, 5) is 18.0. The van der Waals surface area contributed by atoms with Crippen LogP contribution in [0.3, 0.4) is 0 Å². The third kappa shape index (κ3) is 8.24. The van der Waals surface area contributed by atoms with Crippen molar-refractivity contribution in [2.24, 2.45) is 16.8 Å². The summed E-state index contributed by atoms with van der Waals surface area (Å²) >= 11 is 0. The number of ether oxygens (including phenoxy) is 1. The van der Waals surface area contributed by atoms with Gasteiger partial charge in [0.2, 0.25) is 0 Å². The minimum atomic E-state index is -0.135. The summed E-state index contributed by atoms with van der Waals surface area (Å²) in [5, 5.41) is 3.38. The molecule has 1 aliphatic rings. The number of hydrogen-bond acceptors (Lipinski definition) is 3. The number of unbranched alkanes of at least 4 members (excludes halogenated alkanes) is 1. The number of nitrogens with one attached hydrogen (secondary N) is 1. The highest BCUT2D eigenvalue weighted by atomic mass is 16.5. The van der Waals surface area contributed by atoms with E-state index in [0.29, 0.717) is 6.42 Å². The van der Waals surface area contributed by atoms with Crippen LogP contribution in [0.25, 0.3) is 0 Å². The Morgan fingerprint density at radius 2 is 1.96 bits per heavy atom. The van der Waals surface area contributed by atoms with Crippen molar-refractivity contribution in [1.29, 1.82) is 0 Å². The molecule has 0 amide bonds. The first-order valence-corrected chi connectivity index (χ1v) is 9.13. The monoisotopic (exact) mass is 325 g/mol. The van der Waals surface area contributed by atoms with E-state index in [-0.39, 0.29) is 5.97 Å². The minimum Gasteiger partial charge on any atom is -0.469 e. The quantitative estimate of drug-likeness (QED) is 0.322. The van der Waals surface area contributed by atoms with Crippen molar-refractivity contribution in [1.82, 2.24) is 10.2 Å². The highest BCUT2D eigenvalue weighted by Crippen LogP contribution is 2.28. The molecule has 0 aromatic rings. The molecule has 0 spiro atoms. The molecule has 0 unspecified atom stereocenters. The van der Waals surface area contributed by atoms with Crippen LogP contribution in [0, 0.1) is 11.8 Å². The van der Waals surface area contributed by atoms with Gasteiger partial charge in [-0.25, -0.2) is 0 Å². The molecule has 0 saturated heterocycles. The summed E-state index contributed by atoms with van der Waals surface area (Å²) in [7, 11) is 3.57. The van der Waals surface area contributed by atoms with Gasteiger partial charge >= 0.3 is 5.97 Å². The molecule has 0 radical (unpaired) electrons. The molecular weight excluding hydrogens is 290 g/mol. The largest absolute Gasteiger partial charge is 0.469 e. The van der Waals surface area contributed by atoms with Crippen LogP contribution in [0.15, 0.2) is 4.99 Å². The Hall–Kier alpha value is -1.26. The average molecular weight is 325 g/mol. The lowest BCUT2D eigenvalue weighted by atomic mass is 9.83. The number of methoxy groups -OCH3 is 1. The second kappa shape index (κ2) is 11.3. The Balaban J connectivity index is 2.36. The van der Waals surface area contributed by atoms with Gasteiger partial charge in [-0.15, -0.1) is 0 Å². The second-order valence-corrected chi connectivity index (χ2v) is 6.78. The van der Waals surface area contributed by atoms with Crippen molar-refractivity contribution in [3.8, 4) is 0 Å². The van der Waals surface area contributed by atoms with E-state index >= 15 is 0 Å². The zero-order chi connectivity index (χ0) is 17.1. The number of carbonyl (C=O) groups excluding carboxylic acids is 1. The first-order valence-electron chi connectivity index (χ1n) is 9.13. The van der Waals surface area contributed by atoms with Crippen molar-refractivity contribution in [2.45, 2.75) is 58.8 Å². The summed E-state index contributed by atoms with van der Waals surface area (Å²) in [6.07, 6.45) is 7.63. The first kappa shape index (κ1) is 19.8. The van der Waals surface area contributed by atoms with Crippen LogP contribution in [0.4, 0.5) is 0 Å². The van der Waals surface area contributed by atoms with Crippen molar-refractivity contribution in [3.63, 3.8) is 0 Å². The summed E-state index contributed by atoms with van der Waals surface area (Å²) < 4.78 is 4.65. The van der Waals surface area contributed by atoms with Gasteiger partial charge in [0.15, 0.2) is 5.96 Å². The van der Waals surface area contributed by atoms with Crippen molar-refractivity contribution in [2.75, 3.05) is 33.8 Å². The third-order valence-electron chi connectivity index (χ3n) is 4.64. The molecule has 0 atom stereocenters. The molecule has 1 N–H and O–H groups in total. The summed E-state index contributed by atoms with van der Waals surface area (Å²) in [6.45, 7) is 7.18. The van der Waals surface area contributed by atoms with E-state index in [2.05, 4.69) is 35.8 Å². The van der Waals surface area contributed by atoms with E-state index in [9.17, 15) is 4.79 Å². The van der Waals surface area contributed by atoms with Gasteiger partial charge in [-0.2, -0.15) is 0 Å². The van der Waals surface area contributed by atoms with Crippen LogP contribution in [0.2, 0.25) is 0 Å². The lowest BCUT2D eigenvalue weighted by molar-refractivity contribution is -0.140. The van der Waals surface area contributed by atoms with E-state index in [1.807, 2.05) is 0 Å². The number of hydrogen-bond donors (Lipinski definition) is 1. The Morgan fingerprint density at radius 3 is 2.57 bits per heavy atom. The fraction of sp³-hybridized carbons (Fsp3) is 0.889. The van der Waals surface area contributed by atoms with Crippen molar-refractivity contribution >= 4 is 11.9 Å². The average Bonchev–Trinajstić information content (AvgIpc) is 2.55. The van der Waals surface area contributed by atoms with Gasteiger partial charge < -0.3 is 15.0 Å². The molecule has 1 rings (SSSR count). The fourth-order valence-electron chi connectivity index (χ4n) is 3.12. The van der Waals surface area contributed by atoms with E-state index in [1.54, 1.807) is 0 Å². The Labute approximate surface area is 141 Å². The number of guanidine groups is 1. The number of esters is 1. The molecule has 5 heteroatoms. The molecule has 0 heterocycles. The van der Waals surface area contributed by atoms with Gasteiger partial charge in [0.25, 0.3) is 0 Å². The van der Waals surface area contributed by atoms with Crippen LogP contribution in [0.1, 0.15) is 58.8 Å². The summed E-state index contributed by atoms with van der Waals surface area (Å²) in [5.41, 5.74) is 0. The number of carbonyl (C=O) groups is 1. The van der Waals surface area contributed by atoms with Crippen LogP contribution >= 0.6 is 0 Å². The van der Waals surface area contributed by atoms with Crippen molar-refractivity contribution < 1.29 is 9.53 Å². The van der Waals surface area contributed by atoms with Gasteiger partial charge in [-0.1, -0.05) is 19.8 Å². The maximum atomic E-state index is 11.1. The zero-order valence-electron chi connectivity index (χ0n) is 15.4. The highest BCUT2D eigenvalue weighted by Gasteiger charge is 2.20. The fourth-order valence-corrected chi connectivity index (χ4v) is 3.12. The first-order chi connectivity index (χ1) is 11.1. The molecule has 23 heavy (non-hydrogen) atoms. The minimum absolute atomic E-state index is 0.135. The third-order valence-corrected chi connectivity index (χ3v) is 4.64. The molecule has 0 aromatic heterocycles. The summed E-state index contributed by atoms with van der Waals surface area (Å²) in [5.74, 6) is 2.54. The Morgan fingerprint density at radius 1 is 1.26 bits per heavy atom. The molecule has 1 saturated carbocycles. The van der Waals surface area contributed by atoms with Gasteiger partial charge in [0, 0.05) is 33.1 Å². The molecule has 0 aliphatic heterocycles. The molecule has 5 nitrogen and oxygen atoms in total. The van der Waals surface area contributed by atoms with E-state index in [4.69, 9.17) is 4.99 Å². The smallest absolute Gasteiger partial charge is 0.305 e. The molecule has 1 aliphatic carbocycles. The lowest BCUT2D eigenvalue weighted by Crippen LogP contribution is -2.42. The van der Waals surface area contributed by atoms with Gasteiger partial charge in [0.1, 0.15) is 0 Å². The van der Waals surface area contributed by atoms with Gasteiger partial charge in [-0.3, -0.25) is 9.79 Å². The normalized spacial score (nSPS) is 21.8. The number of nitrogens with zero attached hydrogens (tertiary/aromatic N) is 2. The van der Waals surface area contributed by atoms with E-state index < -0.39 is 0 Å². The zero-order valence-corrected chi connectivity index (χ0v) is 15.4. The molecule has 1 fully saturated rings. The SMILES string of the molecule is CCNC(=NCCCCC(=O)OC)N(C)CC1CCC(C)CC1. The maximum Gasteiger partial charge on any atom is 0.305 e. The van der Waals surface area contributed by atoms with E-state index in [1.165, 1.54) is 32.8 Å². The number of rotatable bonds is 8. The maximum absolute atomic E-state index is 11.1. The molecule has 0 aromatic carbocycles. The highest BCUT2D eigenvalue weighted by molar-refractivity contribution is 5.79. The lowest BCUT2D eigenvalue weighted by Gasteiger charge is -2.31. The predicted octanol–water partition coefficient (Wildman–Crippen LogP) is 3.05. The molecule has 134 valence electrons. The Kier molecular flexibility index (Phi) is 9.72.